The number of ether oxygens (including phenoxy) is 1. The normalized spacial score (nSPS) is 14.7. The maximum absolute atomic E-state index is 12.8. The van der Waals surface area contributed by atoms with Gasteiger partial charge in [-0.1, -0.05) is 31.4 Å². The van der Waals surface area contributed by atoms with E-state index in [0.29, 0.717) is 17.3 Å². The maximum Gasteiger partial charge on any atom is 0.340 e. The molecule has 2 aromatic rings. The lowest BCUT2D eigenvalue weighted by atomic mass is 9.96. The standard InChI is InChI=1S/C23H31N3O3.BrH.H2/c1-17-10-8-13-19(22(28)29-23(2,3)4)21(17)24-20(27)16-25-14-9-15-26(25)18-11-6-5-7-12-18;;/h8-10,13-15,18H,5-7,11-12,16H2,1-4H3;2*1H/i;;1+1. The van der Waals surface area contributed by atoms with Crippen LogP contribution in [-0.2, 0) is 16.1 Å². The van der Waals surface area contributed by atoms with Crippen molar-refractivity contribution in [2.24, 2.45) is 0 Å². The lowest BCUT2D eigenvalue weighted by Gasteiger charge is -2.21. The second-order valence-corrected chi connectivity index (χ2v) is 8.81. The van der Waals surface area contributed by atoms with Gasteiger partial charge in [0.15, 0.2) is 6.20 Å². The van der Waals surface area contributed by atoms with Crippen molar-refractivity contribution in [3.63, 3.8) is 0 Å². The number of amides is 1. The number of aryl methyl sites for hydroxylation is 1. The second kappa shape index (κ2) is 10.2. The van der Waals surface area contributed by atoms with Crippen LogP contribution in [0.25, 0.3) is 0 Å². The molecule has 1 aliphatic carbocycles. The number of para-hydroxylation sites is 1. The van der Waals surface area contributed by atoms with Crippen LogP contribution in [0.15, 0.2) is 36.7 Å². The molecule has 1 aliphatic rings. The molecular weight excluding hydrogens is 446 g/mol. The molecule has 1 fully saturated rings. The minimum Gasteiger partial charge on any atom is -1.00 e. The fraction of sp³-hybridized carbons (Fsp3) is 0.522. The van der Waals surface area contributed by atoms with Gasteiger partial charge in [-0.2, -0.15) is 4.68 Å². The first-order valence-electron chi connectivity index (χ1n) is 10.4. The SMILES string of the molecule is Cc1cccc(C(=O)OC(C)(C)C)c1NC(=O)C[n+]1cccn1C1CCCCC1.[2HH].[Br-]. The minimum atomic E-state index is -0.598. The van der Waals surface area contributed by atoms with E-state index < -0.39 is 11.6 Å². The molecule has 30 heavy (non-hydrogen) atoms. The topological polar surface area (TPSA) is 64.2 Å². The average molecular weight is 481 g/mol. The van der Waals surface area contributed by atoms with Gasteiger partial charge in [-0.3, -0.25) is 4.79 Å². The number of carbonyl (C=O) groups excluding carboxylic acids is 2. The molecule has 6 nitrogen and oxygen atoms in total. The Morgan fingerprint density at radius 3 is 2.57 bits per heavy atom. The first-order chi connectivity index (χ1) is 13.7. The van der Waals surface area contributed by atoms with Crippen LogP contribution in [0.4, 0.5) is 5.69 Å². The number of hydrogen-bond acceptors (Lipinski definition) is 3. The van der Waals surface area contributed by atoms with E-state index in [4.69, 9.17) is 4.74 Å². The number of carbonyl (C=O) groups is 2. The van der Waals surface area contributed by atoms with Gasteiger partial charge in [0.2, 0.25) is 6.54 Å². The van der Waals surface area contributed by atoms with Gasteiger partial charge in [-0.25, -0.2) is 4.79 Å². The Bertz CT molecular complexity index is 886. The average Bonchev–Trinajstić information content (AvgIpc) is 3.10. The van der Waals surface area contributed by atoms with Crippen LogP contribution in [0.3, 0.4) is 0 Å². The molecule has 1 amide bonds. The van der Waals surface area contributed by atoms with E-state index in [1.165, 1.54) is 19.3 Å². The van der Waals surface area contributed by atoms with Gasteiger partial charge in [-0.15, -0.1) is 4.68 Å². The van der Waals surface area contributed by atoms with Crippen LogP contribution >= 0.6 is 0 Å². The molecule has 0 atom stereocenters. The summed E-state index contributed by atoms with van der Waals surface area (Å²) in [6.07, 6.45) is 10.0. The Kier molecular flexibility index (Phi) is 8.24. The summed E-state index contributed by atoms with van der Waals surface area (Å²) >= 11 is 0. The molecule has 3 rings (SSSR count). The van der Waals surface area contributed by atoms with Gasteiger partial charge in [0.05, 0.1) is 23.5 Å². The van der Waals surface area contributed by atoms with E-state index in [-0.39, 0.29) is 30.9 Å². The molecule has 0 spiro atoms. The summed E-state index contributed by atoms with van der Waals surface area (Å²) in [5.74, 6) is -0.598. The van der Waals surface area contributed by atoms with Crippen LogP contribution in [0, 0.1) is 6.92 Å². The number of halogens is 1. The summed E-state index contributed by atoms with van der Waals surface area (Å²) in [7, 11) is 0. The predicted molar refractivity (Wildman–Crippen MR) is 114 cm³/mol. The van der Waals surface area contributed by atoms with Gasteiger partial charge >= 0.3 is 5.97 Å². The Balaban J connectivity index is 0.00000240. The Morgan fingerprint density at radius 2 is 1.90 bits per heavy atom. The number of anilines is 1. The fourth-order valence-electron chi connectivity index (χ4n) is 3.86. The van der Waals surface area contributed by atoms with E-state index in [1.54, 1.807) is 12.1 Å². The predicted octanol–water partition coefficient (Wildman–Crippen LogP) is 1.43. The van der Waals surface area contributed by atoms with Crippen molar-refractivity contribution in [1.29, 1.82) is 0 Å². The second-order valence-electron chi connectivity index (χ2n) is 8.81. The van der Waals surface area contributed by atoms with Crippen molar-refractivity contribution in [3.8, 4) is 0 Å². The maximum atomic E-state index is 12.8. The molecule has 7 heteroatoms. The molecule has 0 unspecified atom stereocenters. The van der Waals surface area contributed by atoms with Crippen molar-refractivity contribution in [2.75, 3.05) is 5.32 Å². The lowest BCUT2D eigenvalue weighted by Crippen LogP contribution is -3.00. The molecular formula is C23H34BrN3O3. The summed E-state index contributed by atoms with van der Waals surface area (Å²) < 4.78 is 9.63. The van der Waals surface area contributed by atoms with E-state index >= 15 is 0 Å². The molecule has 0 radical (unpaired) electrons. The minimum absolute atomic E-state index is 0. The van der Waals surface area contributed by atoms with E-state index in [1.807, 2.05) is 56.9 Å². The monoisotopic (exact) mass is 480 g/mol. The summed E-state index contributed by atoms with van der Waals surface area (Å²) in [6, 6.07) is 7.78. The molecule has 1 aromatic carbocycles. The number of nitrogens with one attached hydrogen (secondary N) is 1. The quantitative estimate of drug-likeness (QED) is 0.519. The third-order valence-corrected chi connectivity index (χ3v) is 5.20. The summed E-state index contributed by atoms with van der Waals surface area (Å²) in [5, 5.41) is 2.94. The van der Waals surface area contributed by atoms with Crippen LogP contribution < -0.4 is 27.0 Å². The molecule has 0 saturated heterocycles. The van der Waals surface area contributed by atoms with Gasteiger partial charge < -0.3 is 27.0 Å². The van der Waals surface area contributed by atoms with E-state index in [9.17, 15) is 9.59 Å². The van der Waals surface area contributed by atoms with Gasteiger partial charge in [0.25, 0.3) is 5.91 Å². The molecule has 0 aliphatic heterocycles. The summed E-state index contributed by atoms with van der Waals surface area (Å²) in [5.41, 5.74) is 1.12. The van der Waals surface area contributed by atoms with Crippen molar-refractivity contribution >= 4 is 17.6 Å². The zero-order valence-corrected chi connectivity index (χ0v) is 19.9. The number of nitrogens with zero attached hydrogens (tertiary/aromatic N) is 2. The number of aromatic nitrogens is 2. The number of benzene rings is 1. The highest BCUT2D eigenvalue weighted by Crippen LogP contribution is 2.27. The molecule has 1 N–H and O–H groups in total. The first-order valence-corrected chi connectivity index (χ1v) is 10.4. The van der Waals surface area contributed by atoms with Crippen molar-refractivity contribution in [1.82, 2.24) is 4.68 Å². The number of esters is 1. The first kappa shape index (κ1) is 24.1. The third kappa shape index (κ3) is 6.17. The highest BCUT2D eigenvalue weighted by Gasteiger charge is 2.25. The number of hydrogen-bond donors (Lipinski definition) is 1. The van der Waals surface area contributed by atoms with Gasteiger partial charge in [0.1, 0.15) is 5.60 Å². The smallest absolute Gasteiger partial charge is 0.340 e. The molecule has 1 heterocycles. The highest BCUT2D eigenvalue weighted by molar-refractivity contribution is 6.02. The van der Waals surface area contributed by atoms with Crippen LogP contribution in [0.2, 0.25) is 0 Å². The van der Waals surface area contributed by atoms with Crippen LogP contribution in [0.1, 0.15) is 76.3 Å². The van der Waals surface area contributed by atoms with E-state index in [0.717, 1.165) is 18.4 Å². The Morgan fingerprint density at radius 1 is 1.20 bits per heavy atom. The van der Waals surface area contributed by atoms with Crippen LogP contribution in [-0.4, -0.2) is 22.2 Å². The Labute approximate surface area is 190 Å². The van der Waals surface area contributed by atoms with Crippen molar-refractivity contribution < 1.29 is 37.4 Å². The van der Waals surface area contributed by atoms with Crippen LogP contribution in [0.5, 0.6) is 0 Å². The largest absolute Gasteiger partial charge is 1.00 e. The fourth-order valence-corrected chi connectivity index (χ4v) is 3.86. The summed E-state index contributed by atoms with van der Waals surface area (Å²) in [6.45, 7) is 7.56. The molecule has 166 valence electrons. The Hall–Kier alpha value is -2.15. The van der Waals surface area contributed by atoms with Crippen molar-refractivity contribution in [2.45, 2.75) is 78.0 Å². The molecule has 0 bridgehead atoms. The summed E-state index contributed by atoms with van der Waals surface area (Å²) in [4.78, 5) is 25.4. The molecule has 1 aromatic heterocycles. The third-order valence-electron chi connectivity index (χ3n) is 5.20. The number of rotatable bonds is 5. The zero-order valence-electron chi connectivity index (χ0n) is 18.3. The lowest BCUT2D eigenvalue weighted by molar-refractivity contribution is -0.767. The molecule has 1 saturated carbocycles. The van der Waals surface area contributed by atoms with Crippen molar-refractivity contribution in [3.05, 3.63) is 47.8 Å². The van der Waals surface area contributed by atoms with E-state index in [2.05, 4.69) is 10.00 Å². The van der Waals surface area contributed by atoms with Gasteiger partial charge in [-0.05, 0) is 52.2 Å². The highest BCUT2D eigenvalue weighted by atomic mass is 79.9. The zero-order chi connectivity index (χ0) is 21.0. The van der Waals surface area contributed by atoms with Gasteiger partial charge in [0, 0.05) is 7.49 Å².